The maximum absolute atomic E-state index is 13.1. The van der Waals surface area contributed by atoms with Crippen LogP contribution in [0, 0.1) is 5.82 Å². The Kier molecular flexibility index (Phi) is 6.52. The third-order valence-electron chi connectivity index (χ3n) is 5.41. The molecule has 1 amide bonds. The minimum absolute atomic E-state index is 0.00489. The SMILES string of the molecule is COc1ccc(N2CCN(C(C)C(=O)NC(C)c3ccc(F)cc3)CC2)cc1. The molecule has 0 aliphatic carbocycles. The lowest BCUT2D eigenvalue weighted by Gasteiger charge is -2.38. The monoisotopic (exact) mass is 385 g/mol. The Labute approximate surface area is 166 Å². The van der Waals surface area contributed by atoms with E-state index < -0.39 is 0 Å². The lowest BCUT2D eigenvalue weighted by molar-refractivity contribution is -0.126. The Morgan fingerprint density at radius 1 is 1.00 bits per heavy atom. The van der Waals surface area contributed by atoms with Crippen LogP contribution >= 0.6 is 0 Å². The van der Waals surface area contributed by atoms with Gasteiger partial charge >= 0.3 is 0 Å². The van der Waals surface area contributed by atoms with Crippen LogP contribution in [0.15, 0.2) is 48.5 Å². The van der Waals surface area contributed by atoms with Gasteiger partial charge in [-0.15, -0.1) is 0 Å². The van der Waals surface area contributed by atoms with Gasteiger partial charge in [0.15, 0.2) is 0 Å². The van der Waals surface area contributed by atoms with Gasteiger partial charge in [0.1, 0.15) is 11.6 Å². The molecular weight excluding hydrogens is 357 g/mol. The van der Waals surface area contributed by atoms with E-state index in [4.69, 9.17) is 4.74 Å². The highest BCUT2D eigenvalue weighted by atomic mass is 19.1. The Balaban J connectivity index is 1.51. The summed E-state index contributed by atoms with van der Waals surface area (Å²) in [6, 6.07) is 13.9. The molecule has 2 aromatic carbocycles. The molecule has 0 saturated carbocycles. The molecule has 1 aliphatic rings. The second kappa shape index (κ2) is 9.06. The van der Waals surface area contributed by atoms with Crippen LogP contribution in [0.1, 0.15) is 25.5 Å². The van der Waals surface area contributed by atoms with E-state index in [1.54, 1.807) is 19.2 Å². The van der Waals surface area contributed by atoms with Gasteiger partial charge in [-0.25, -0.2) is 4.39 Å². The molecule has 6 heteroatoms. The Bertz CT molecular complexity index is 771. The number of piperazine rings is 1. The molecule has 3 rings (SSSR count). The number of carbonyl (C=O) groups is 1. The molecule has 0 spiro atoms. The Morgan fingerprint density at radius 2 is 1.61 bits per heavy atom. The van der Waals surface area contributed by atoms with Gasteiger partial charge in [-0.1, -0.05) is 12.1 Å². The van der Waals surface area contributed by atoms with Crippen molar-refractivity contribution < 1.29 is 13.9 Å². The van der Waals surface area contributed by atoms with Crippen LogP contribution in [0.3, 0.4) is 0 Å². The van der Waals surface area contributed by atoms with E-state index >= 15 is 0 Å². The molecule has 2 aromatic rings. The molecule has 1 N–H and O–H groups in total. The molecular formula is C22H28FN3O2. The van der Waals surface area contributed by atoms with Crippen LogP contribution in [0.2, 0.25) is 0 Å². The first-order valence-electron chi connectivity index (χ1n) is 9.67. The quantitative estimate of drug-likeness (QED) is 0.829. The number of benzene rings is 2. The predicted molar refractivity (Wildman–Crippen MR) is 109 cm³/mol. The number of ether oxygens (including phenoxy) is 1. The molecule has 28 heavy (non-hydrogen) atoms. The van der Waals surface area contributed by atoms with Crippen molar-refractivity contribution in [1.29, 1.82) is 0 Å². The van der Waals surface area contributed by atoms with Crippen LogP contribution in [-0.4, -0.2) is 50.1 Å². The number of hydrogen-bond acceptors (Lipinski definition) is 4. The van der Waals surface area contributed by atoms with E-state index in [1.807, 2.05) is 26.0 Å². The zero-order chi connectivity index (χ0) is 20.1. The van der Waals surface area contributed by atoms with Gasteiger partial charge < -0.3 is 15.0 Å². The fraction of sp³-hybridized carbons (Fsp3) is 0.409. The van der Waals surface area contributed by atoms with Crippen molar-refractivity contribution in [2.24, 2.45) is 0 Å². The van der Waals surface area contributed by atoms with E-state index in [1.165, 1.54) is 17.8 Å². The third-order valence-corrected chi connectivity index (χ3v) is 5.41. The van der Waals surface area contributed by atoms with Gasteiger partial charge in [0, 0.05) is 31.9 Å². The van der Waals surface area contributed by atoms with Crippen LogP contribution in [0.5, 0.6) is 5.75 Å². The van der Waals surface area contributed by atoms with Crippen molar-refractivity contribution in [3.05, 3.63) is 59.9 Å². The molecule has 2 unspecified atom stereocenters. The smallest absolute Gasteiger partial charge is 0.237 e. The van der Waals surface area contributed by atoms with Crippen molar-refractivity contribution in [2.45, 2.75) is 25.9 Å². The minimum Gasteiger partial charge on any atom is -0.497 e. The van der Waals surface area contributed by atoms with Crippen LogP contribution in [0.25, 0.3) is 0 Å². The van der Waals surface area contributed by atoms with Crippen LogP contribution in [-0.2, 0) is 4.79 Å². The summed E-state index contributed by atoms with van der Waals surface area (Å²) in [4.78, 5) is 17.2. The number of nitrogens with zero attached hydrogens (tertiary/aromatic N) is 2. The number of anilines is 1. The number of hydrogen-bond donors (Lipinski definition) is 1. The number of amides is 1. The van der Waals surface area contributed by atoms with E-state index in [2.05, 4.69) is 27.2 Å². The molecule has 2 atom stereocenters. The summed E-state index contributed by atoms with van der Waals surface area (Å²) in [5, 5.41) is 3.04. The standard InChI is InChI=1S/C22H28FN3O2/c1-16(18-4-6-19(23)7-5-18)24-22(27)17(2)25-12-14-26(15-13-25)20-8-10-21(28-3)11-9-20/h4-11,16-17H,12-15H2,1-3H3,(H,24,27). The second-order valence-corrected chi connectivity index (χ2v) is 7.18. The van der Waals surface area contributed by atoms with E-state index in [-0.39, 0.29) is 23.8 Å². The first kappa shape index (κ1) is 20.1. The molecule has 1 aliphatic heterocycles. The van der Waals surface area contributed by atoms with Gasteiger partial charge in [0.05, 0.1) is 19.2 Å². The summed E-state index contributed by atoms with van der Waals surface area (Å²) in [7, 11) is 1.66. The summed E-state index contributed by atoms with van der Waals surface area (Å²) in [5.41, 5.74) is 2.06. The number of methoxy groups -OCH3 is 1. The van der Waals surface area contributed by atoms with Gasteiger partial charge in [-0.05, 0) is 55.8 Å². The maximum atomic E-state index is 13.1. The zero-order valence-electron chi connectivity index (χ0n) is 16.7. The highest BCUT2D eigenvalue weighted by Crippen LogP contribution is 2.21. The van der Waals surface area contributed by atoms with Crippen molar-refractivity contribution in [3.63, 3.8) is 0 Å². The number of rotatable bonds is 6. The van der Waals surface area contributed by atoms with Gasteiger partial charge in [0.25, 0.3) is 0 Å². The molecule has 1 fully saturated rings. The summed E-state index contributed by atoms with van der Waals surface area (Å²) >= 11 is 0. The lowest BCUT2D eigenvalue weighted by atomic mass is 10.1. The second-order valence-electron chi connectivity index (χ2n) is 7.18. The normalized spacial score (nSPS) is 17.1. The van der Waals surface area contributed by atoms with E-state index in [0.29, 0.717) is 0 Å². The minimum atomic E-state index is -0.273. The summed E-state index contributed by atoms with van der Waals surface area (Å²) < 4.78 is 18.3. The Hall–Kier alpha value is -2.60. The average Bonchev–Trinajstić information content (AvgIpc) is 2.73. The topological polar surface area (TPSA) is 44.8 Å². The van der Waals surface area contributed by atoms with E-state index in [0.717, 1.165) is 37.5 Å². The number of carbonyl (C=O) groups excluding carboxylic acids is 1. The molecule has 1 saturated heterocycles. The van der Waals surface area contributed by atoms with Gasteiger partial charge in [-0.2, -0.15) is 0 Å². The fourth-order valence-electron chi connectivity index (χ4n) is 3.50. The fourth-order valence-corrected chi connectivity index (χ4v) is 3.50. The number of halogens is 1. The van der Waals surface area contributed by atoms with Crippen LogP contribution < -0.4 is 15.0 Å². The van der Waals surface area contributed by atoms with Crippen molar-refractivity contribution in [3.8, 4) is 5.75 Å². The van der Waals surface area contributed by atoms with Gasteiger partial charge in [0.2, 0.25) is 5.91 Å². The first-order valence-corrected chi connectivity index (χ1v) is 9.67. The van der Waals surface area contributed by atoms with E-state index in [9.17, 15) is 9.18 Å². The number of nitrogens with one attached hydrogen (secondary N) is 1. The van der Waals surface area contributed by atoms with Crippen molar-refractivity contribution in [1.82, 2.24) is 10.2 Å². The first-order chi connectivity index (χ1) is 13.5. The Morgan fingerprint density at radius 3 is 2.18 bits per heavy atom. The largest absolute Gasteiger partial charge is 0.497 e. The third kappa shape index (κ3) is 4.81. The van der Waals surface area contributed by atoms with Crippen LogP contribution in [0.4, 0.5) is 10.1 Å². The molecule has 0 aromatic heterocycles. The molecule has 0 bridgehead atoms. The van der Waals surface area contributed by atoms with Crippen molar-refractivity contribution >= 4 is 11.6 Å². The lowest BCUT2D eigenvalue weighted by Crippen LogP contribution is -2.54. The van der Waals surface area contributed by atoms with Gasteiger partial charge in [-0.3, -0.25) is 9.69 Å². The summed E-state index contributed by atoms with van der Waals surface area (Å²) in [5.74, 6) is 0.572. The predicted octanol–water partition coefficient (Wildman–Crippen LogP) is 3.22. The summed E-state index contributed by atoms with van der Waals surface area (Å²) in [6.07, 6.45) is 0. The molecule has 1 heterocycles. The average molecular weight is 385 g/mol. The molecule has 5 nitrogen and oxygen atoms in total. The van der Waals surface area contributed by atoms with Crippen molar-refractivity contribution in [2.75, 3.05) is 38.2 Å². The highest BCUT2D eigenvalue weighted by Gasteiger charge is 2.26. The highest BCUT2D eigenvalue weighted by molar-refractivity contribution is 5.81. The summed E-state index contributed by atoms with van der Waals surface area (Å²) in [6.45, 7) is 7.25. The zero-order valence-corrected chi connectivity index (χ0v) is 16.7. The molecule has 150 valence electrons. The molecule has 0 radical (unpaired) electrons. The maximum Gasteiger partial charge on any atom is 0.237 e.